The predicted octanol–water partition coefficient (Wildman–Crippen LogP) is 0.353. The van der Waals surface area contributed by atoms with Crippen LogP contribution in [0.2, 0.25) is 0 Å². The van der Waals surface area contributed by atoms with Gasteiger partial charge in [-0.3, -0.25) is 4.68 Å². The van der Waals surface area contributed by atoms with Crippen molar-refractivity contribution >= 4 is 11.7 Å². The highest BCUT2D eigenvalue weighted by atomic mass is 32.1. The number of aryl methyl sites for hydroxylation is 1. The van der Waals surface area contributed by atoms with Gasteiger partial charge >= 0.3 is 0 Å². The van der Waals surface area contributed by atoms with Gasteiger partial charge in [0, 0.05) is 13.2 Å². The summed E-state index contributed by atoms with van der Waals surface area (Å²) >= 11 is 1.07. The summed E-state index contributed by atoms with van der Waals surface area (Å²) < 4.78 is 9.38. The van der Waals surface area contributed by atoms with Crippen LogP contribution in [0, 0.1) is 0 Å². The highest BCUT2D eigenvalue weighted by Gasteiger charge is 2.15. The molecule has 2 rings (SSSR count). The summed E-state index contributed by atoms with van der Waals surface area (Å²) in [5.41, 5.74) is 1.14. The summed E-state index contributed by atoms with van der Waals surface area (Å²) in [7, 11) is 1.80. The van der Waals surface area contributed by atoms with E-state index >= 15 is 0 Å². The third-order valence-corrected chi connectivity index (χ3v) is 2.17. The topological polar surface area (TPSA) is 63.8 Å². The molecule has 13 heavy (non-hydrogen) atoms. The molecule has 1 atom stereocenters. The average molecular weight is 196 g/mol. The quantitative estimate of drug-likeness (QED) is 0.753. The van der Waals surface area contributed by atoms with Crippen molar-refractivity contribution < 1.29 is 5.11 Å². The zero-order chi connectivity index (χ0) is 9.26. The molecule has 0 aliphatic carbocycles. The molecule has 0 bridgehead atoms. The molecule has 0 aliphatic rings. The summed E-state index contributed by atoms with van der Waals surface area (Å²) in [4.78, 5) is 0. The van der Waals surface area contributed by atoms with Crippen molar-refractivity contribution in [2.75, 3.05) is 0 Å². The van der Waals surface area contributed by atoms with E-state index in [1.165, 1.54) is 0 Å². The fourth-order valence-electron chi connectivity index (χ4n) is 1.02. The molecule has 0 spiro atoms. The Bertz CT molecular complexity index is 383. The smallest absolute Gasteiger partial charge is 0.142 e. The SMILES string of the molecule is Cn1ccc(C(O)c2cnsn2)n1. The second-order valence-electron chi connectivity index (χ2n) is 2.65. The van der Waals surface area contributed by atoms with E-state index in [0.29, 0.717) is 11.4 Å². The zero-order valence-corrected chi connectivity index (χ0v) is 7.77. The van der Waals surface area contributed by atoms with E-state index in [2.05, 4.69) is 13.8 Å². The molecule has 6 heteroatoms. The van der Waals surface area contributed by atoms with Gasteiger partial charge in [-0.05, 0) is 6.07 Å². The van der Waals surface area contributed by atoms with Gasteiger partial charge in [0.25, 0.3) is 0 Å². The van der Waals surface area contributed by atoms with Gasteiger partial charge in [-0.2, -0.15) is 13.8 Å². The molecule has 2 aromatic rings. The molecule has 0 saturated heterocycles. The predicted molar refractivity (Wildman–Crippen MR) is 47.2 cm³/mol. The van der Waals surface area contributed by atoms with Crippen molar-refractivity contribution in [3.05, 3.63) is 29.8 Å². The number of nitrogens with zero attached hydrogens (tertiary/aromatic N) is 4. The summed E-state index contributed by atoms with van der Waals surface area (Å²) in [5, 5.41) is 13.8. The molecule has 0 aromatic carbocycles. The number of rotatable bonds is 2. The minimum atomic E-state index is -0.764. The van der Waals surface area contributed by atoms with E-state index in [-0.39, 0.29) is 0 Å². The van der Waals surface area contributed by atoms with Crippen LogP contribution in [0.3, 0.4) is 0 Å². The van der Waals surface area contributed by atoms with Crippen LogP contribution >= 0.6 is 11.7 Å². The Morgan fingerprint density at radius 2 is 2.38 bits per heavy atom. The van der Waals surface area contributed by atoms with E-state index in [4.69, 9.17) is 0 Å². The molecule has 0 saturated carbocycles. The maximum absolute atomic E-state index is 9.72. The lowest BCUT2D eigenvalue weighted by Gasteiger charge is -2.01. The third-order valence-electron chi connectivity index (χ3n) is 1.67. The van der Waals surface area contributed by atoms with Gasteiger partial charge in [-0.25, -0.2) is 0 Å². The number of aliphatic hydroxyl groups excluding tert-OH is 1. The van der Waals surface area contributed by atoms with Crippen LogP contribution < -0.4 is 0 Å². The van der Waals surface area contributed by atoms with Gasteiger partial charge in [0.05, 0.1) is 23.6 Å². The molecule has 1 unspecified atom stereocenters. The molecule has 5 nitrogen and oxygen atoms in total. The van der Waals surface area contributed by atoms with E-state index in [1.54, 1.807) is 30.2 Å². The number of hydrogen-bond acceptors (Lipinski definition) is 5. The molecule has 0 radical (unpaired) electrons. The molecule has 2 heterocycles. The van der Waals surface area contributed by atoms with Gasteiger partial charge < -0.3 is 5.11 Å². The van der Waals surface area contributed by atoms with Crippen molar-refractivity contribution in [3.63, 3.8) is 0 Å². The highest BCUT2D eigenvalue weighted by Crippen LogP contribution is 2.17. The van der Waals surface area contributed by atoms with Crippen LogP contribution in [0.5, 0.6) is 0 Å². The van der Waals surface area contributed by atoms with Crippen molar-refractivity contribution in [3.8, 4) is 0 Å². The van der Waals surface area contributed by atoms with Crippen LogP contribution in [0.4, 0.5) is 0 Å². The first-order valence-corrected chi connectivity index (χ1v) is 4.45. The molecule has 0 aliphatic heterocycles. The van der Waals surface area contributed by atoms with Crippen molar-refractivity contribution in [2.45, 2.75) is 6.10 Å². The number of hydrogen-bond donors (Lipinski definition) is 1. The van der Waals surface area contributed by atoms with E-state index < -0.39 is 6.10 Å². The Hall–Kier alpha value is -1.27. The van der Waals surface area contributed by atoms with Gasteiger partial charge in [0.1, 0.15) is 11.8 Å². The lowest BCUT2D eigenvalue weighted by molar-refractivity contribution is 0.210. The Morgan fingerprint density at radius 1 is 1.54 bits per heavy atom. The van der Waals surface area contributed by atoms with Crippen molar-refractivity contribution in [1.29, 1.82) is 0 Å². The first-order valence-electron chi connectivity index (χ1n) is 3.72. The van der Waals surface area contributed by atoms with Crippen LogP contribution in [0.25, 0.3) is 0 Å². The number of aliphatic hydroxyl groups is 1. The Labute approximate surface area is 79.0 Å². The van der Waals surface area contributed by atoms with E-state index in [9.17, 15) is 5.11 Å². The average Bonchev–Trinajstić information content (AvgIpc) is 2.72. The summed E-state index contributed by atoms with van der Waals surface area (Å²) in [6.45, 7) is 0. The second-order valence-corrected chi connectivity index (χ2v) is 3.21. The molecular formula is C7H8N4OS. The molecule has 2 aromatic heterocycles. The Balaban J connectivity index is 2.28. The molecule has 0 fully saturated rings. The monoisotopic (exact) mass is 196 g/mol. The fraction of sp³-hybridized carbons (Fsp3) is 0.286. The highest BCUT2D eigenvalue weighted by molar-refractivity contribution is 6.99. The van der Waals surface area contributed by atoms with Crippen LogP contribution in [0.1, 0.15) is 17.5 Å². The van der Waals surface area contributed by atoms with Gasteiger partial charge in [0.2, 0.25) is 0 Å². The summed E-state index contributed by atoms with van der Waals surface area (Å²) in [6, 6.07) is 1.75. The minimum Gasteiger partial charge on any atom is -0.380 e. The van der Waals surface area contributed by atoms with Crippen molar-refractivity contribution in [1.82, 2.24) is 18.5 Å². The third kappa shape index (κ3) is 1.58. The first-order chi connectivity index (χ1) is 6.27. The van der Waals surface area contributed by atoms with Gasteiger partial charge in [-0.1, -0.05) is 0 Å². The summed E-state index contributed by atoms with van der Waals surface area (Å²) in [6.07, 6.45) is 2.56. The van der Waals surface area contributed by atoms with Gasteiger partial charge in [-0.15, -0.1) is 0 Å². The minimum absolute atomic E-state index is 0.545. The second kappa shape index (κ2) is 3.23. The molecule has 68 valence electrons. The summed E-state index contributed by atoms with van der Waals surface area (Å²) in [5.74, 6) is 0. The standard InChI is InChI=1S/C7H8N4OS/c1-11-3-2-5(9-11)7(12)6-4-8-13-10-6/h2-4,7,12H,1H3. The van der Waals surface area contributed by atoms with E-state index in [1.807, 2.05) is 0 Å². The number of aromatic nitrogens is 4. The molecule has 0 amide bonds. The Morgan fingerprint density at radius 3 is 2.92 bits per heavy atom. The van der Waals surface area contributed by atoms with Crippen LogP contribution in [0.15, 0.2) is 18.5 Å². The molecular weight excluding hydrogens is 188 g/mol. The van der Waals surface area contributed by atoms with Crippen LogP contribution in [-0.2, 0) is 7.05 Å². The lowest BCUT2D eigenvalue weighted by Crippen LogP contribution is -2.01. The van der Waals surface area contributed by atoms with E-state index in [0.717, 1.165) is 11.7 Å². The Kier molecular flexibility index (Phi) is 2.07. The lowest BCUT2D eigenvalue weighted by atomic mass is 10.2. The maximum atomic E-state index is 9.72. The van der Waals surface area contributed by atoms with Crippen molar-refractivity contribution in [2.24, 2.45) is 7.05 Å². The molecule has 1 N–H and O–H groups in total. The fourth-order valence-corrected chi connectivity index (χ4v) is 1.47. The largest absolute Gasteiger partial charge is 0.380 e. The zero-order valence-electron chi connectivity index (χ0n) is 6.95. The first kappa shape index (κ1) is 8.33. The maximum Gasteiger partial charge on any atom is 0.142 e. The van der Waals surface area contributed by atoms with Crippen LogP contribution in [-0.4, -0.2) is 23.6 Å². The van der Waals surface area contributed by atoms with Gasteiger partial charge in [0.15, 0.2) is 0 Å². The normalized spacial score (nSPS) is 13.1.